The van der Waals surface area contributed by atoms with Crippen molar-refractivity contribution in [1.82, 2.24) is 0 Å². The first-order valence-electron chi connectivity index (χ1n) is 3.97. The lowest BCUT2D eigenvalue weighted by molar-refractivity contribution is 1.24. The fraction of sp³-hybridized carbons (Fsp3) is 0.200. The summed E-state index contributed by atoms with van der Waals surface area (Å²) in [7, 11) is 0. The number of halogens is 2. The zero-order valence-electron chi connectivity index (χ0n) is 7.04. The Balaban J connectivity index is 2.50. The van der Waals surface area contributed by atoms with E-state index in [0.29, 0.717) is 5.88 Å². The molecular weight excluding hydrogens is 223 g/mol. The number of benzene rings is 1. The minimum absolute atomic E-state index is 0.617. The van der Waals surface area contributed by atoms with Crippen molar-refractivity contribution in [2.24, 2.45) is 0 Å². The van der Waals surface area contributed by atoms with Crippen LogP contribution in [0.3, 0.4) is 0 Å². The molecule has 0 saturated heterocycles. The fourth-order valence-electron chi connectivity index (χ4n) is 0.811. The molecule has 70 valence electrons. The second-order valence-electron chi connectivity index (χ2n) is 2.40. The van der Waals surface area contributed by atoms with Gasteiger partial charge in [-0.15, -0.1) is 11.6 Å². The molecule has 0 aliphatic heterocycles. The average Bonchev–Trinajstić information content (AvgIpc) is 2.16. The lowest BCUT2D eigenvalue weighted by Crippen LogP contribution is -1.71. The normalized spacial score (nSPS) is 11.7. The van der Waals surface area contributed by atoms with E-state index in [2.05, 4.69) is 0 Å². The van der Waals surface area contributed by atoms with Gasteiger partial charge in [-0.05, 0) is 18.6 Å². The van der Waals surface area contributed by atoms with E-state index in [1.807, 2.05) is 36.4 Å². The summed E-state index contributed by atoms with van der Waals surface area (Å²) in [6.07, 6.45) is 2.76. The predicted octanol–water partition coefficient (Wildman–Crippen LogP) is 4.49. The molecule has 0 unspecified atom stereocenters. The van der Waals surface area contributed by atoms with Gasteiger partial charge in [0, 0.05) is 10.8 Å². The molecule has 13 heavy (non-hydrogen) atoms. The van der Waals surface area contributed by atoms with Gasteiger partial charge >= 0.3 is 0 Å². The van der Waals surface area contributed by atoms with E-state index < -0.39 is 0 Å². The first-order valence-corrected chi connectivity index (χ1v) is 5.70. The van der Waals surface area contributed by atoms with E-state index in [-0.39, 0.29) is 0 Å². The molecule has 0 N–H and O–H groups in total. The van der Waals surface area contributed by atoms with Crippen molar-refractivity contribution in [3.8, 4) is 0 Å². The number of rotatable bonds is 4. The summed E-state index contributed by atoms with van der Waals surface area (Å²) in [6.45, 7) is 0. The standard InChI is InChI=1S/C10H10Cl2S/c11-8-4-7-10(12)13-9-5-2-1-3-6-9/h1-3,5-7H,4,8H2/b10-7+. The van der Waals surface area contributed by atoms with Crippen LogP contribution in [0, 0.1) is 0 Å². The molecule has 1 aromatic rings. The Morgan fingerprint density at radius 2 is 2.00 bits per heavy atom. The van der Waals surface area contributed by atoms with Crippen molar-refractivity contribution >= 4 is 35.0 Å². The third-order valence-electron chi connectivity index (χ3n) is 1.37. The van der Waals surface area contributed by atoms with E-state index >= 15 is 0 Å². The molecule has 0 aromatic heterocycles. The van der Waals surface area contributed by atoms with Crippen LogP contribution >= 0.6 is 35.0 Å². The van der Waals surface area contributed by atoms with Gasteiger partial charge < -0.3 is 0 Å². The lowest BCUT2D eigenvalue weighted by Gasteiger charge is -1.98. The van der Waals surface area contributed by atoms with Gasteiger partial charge in [-0.1, -0.05) is 47.6 Å². The first-order chi connectivity index (χ1) is 6.33. The highest BCUT2D eigenvalue weighted by molar-refractivity contribution is 8.04. The van der Waals surface area contributed by atoms with Crippen LogP contribution in [0.1, 0.15) is 6.42 Å². The van der Waals surface area contributed by atoms with E-state index in [0.717, 1.165) is 15.7 Å². The number of alkyl halides is 1. The Hall–Kier alpha value is -0.110. The summed E-state index contributed by atoms with van der Waals surface area (Å²) in [5.41, 5.74) is 0. The van der Waals surface area contributed by atoms with Crippen molar-refractivity contribution in [3.63, 3.8) is 0 Å². The fourth-order valence-corrected chi connectivity index (χ4v) is 2.02. The maximum absolute atomic E-state index is 5.96. The summed E-state index contributed by atoms with van der Waals surface area (Å²) in [5.74, 6) is 0.617. The van der Waals surface area contributed by atoms with Gasteiger partial charge in [-0.3, -0.25) is 0 Å². The number of thioether (sulfide) groups is 1. The van der Waals surface area contributed by atoms with Crippen LogP contribution in [0.25, 0.3) is 0 Å². The minimum Gasteiger partial charge on any atom is -0.126 e. The molecule has 0 saturated carbocycles. The third kappa shape index (κ3) is 4.61. The predicted molar refractivity (Wildman–Crippen MR) is 61.6 cm³/mol. The molecule has 0 amide bonds. The number of hydrogen-bond donors (Lipinski definition) is 0. The van der Waals surface area contributed by atoms with Crippen LogP contribution in [0.2, 0.25) is 0 Å². The largest absolute Gasteiger partial charge is 0.126 e. The van der Waals surface area contributed by atoms with E-state index in [4.69, 9.17) is 23.2 Å². The van der Waals surface area contributed by atoms with Crippen LogP contribution < -0.4 is 0 Å². The van der Waals surface area contributed by atoms with Gasteiger partial charge in [0.2, 0.25) is 0 Å². The summed E-state index contributed by atoms with van der Waals surface area (Å²) in [6, 6.07) is 10.0. The van der Waals surface area contributed by atoms with Crippen LogP contribution in [0.5, 0.6) is 0 Å². The van der Waals surface area contributed by atoms with Crippen molar-refractivity contribution in [2.45, 2.75) is 11.3 Å². The van der Waals surface area contributed by atoms with Gasteiger partial charge in [0.15, 0.2) is 0 Å². The summed E-state index contributed by atoms with van der Waals surface area (Å²) >= 11 is 13.0. The summed E-state index contributed by atoms with van der Waals surface area (Å²) in [4.78, 5) is 1.15. The maximum Gasteiger partial charge on any atom is 0.0742 e. The molecule has 3 heteroatoms. The second kappa shape index (κ2) is 6.36. The Labute approximate surface area is 92.9 Å². The Bertz CT molecular complexity index is 270. The van der Waals surface area contributed by atoms with E-state index in [1.54, 1.807) is 11.8 Å². The van der Waals surface area contributed by atoms with Crippen LogP contribution in [0.15, 0.2) is 45.7 Å². The van der Waals surface area contributed by atoms with Crippen molar-refractivity contribution in [2.75, 3.05) is 5.88 Å². The molecule has 1 aromatic carbocycles. The quantitative estimate of drug-likeness (QED) is 0.545. The Morgan fingerprint density at radius 1 is 1.31 bits per heavy atom. The molecule has 0 bridgehead atoms. The summed E-state index contributed by atoms with van der Waals surface area (Å²) in [5, 5.41) is 0. The second-order valence-corrected chi connectivity index (χ2v) is 4.53. The third-order valence-corrected chi connectivity index (χ3v) is 2.85. The maximum atomic E-state index is 5.96. The zero-order chi connectivity index (χ0) is 9.52. The van der Waals surface area contributed by atoms with Gasteiger partial charge in [0.1, 0.15) is 0 Å². The molecule has 1 rings (SSSR count). The number of hydrogen-bond acceptors (Lipinski definition) is 1. The minimum atomic E-state index is 0.617. The Morgan fingerprint density at radius 3 is 2.62 bits per heavy atom. The van der Waals surface area contributed by atoms with Crippen molar-refractivity contribution in [3.05, 3.63) is 40.8 Å². The number of allylic oxidation sites excluding steroid dienone is 1. The molecule has 0 heterocycles. The highest BCUT2D eigenvalue weighted by Crippen LogP contribution is 2.29. The first kappa shape index (κ1) is 11.0. The molecule has 0 radical (unpaired) electrons. The molecular formula is C10H10Cl2S. The molecule has 0 fully saturated rings. The highest BCUT2D eigenvalue weighted by Gasteiger charge is 1.95. The van der Waals surface area contributed by atoms with Gasteiger partial charge in [-0.25, -0.2) is 0 Å². The van der Waals surface area contributed by atoms with Gasteiger partial charge in [0.25, 0.3) is 0 Å². The van der Waals surface area contributed by atoms with Crippen LogP contribution in [-0.4, -0.2) is 5.88 Å². The van der Waals surface area contributed by atoms with Crippen molar-refractivity contribution < 1.29 is 0 Å². The zero-order valence-corrected chi connectivity index (χ0v) is 9.37. The molecule has 0 nitrogen and oxygen atoms in total. The van der Waals surface area contributed by atoms with Crippen LogP contribution in [-0.2, 0) is 0 Å². The topological polar surface area (TPSA) is 0 Å². The average molecular weight is 233 g/mol. The monoisotopic (exact) mass is 232 g/mol. The highest BCUT2D eigenvalue weighted by atomic mass is 35.5. The smallest absolute Gasteiger partial charge is 0.0742 e. The lowest BCUT2D eigenvalue weighted by atomic mass is 10.4. The Kier molecular flexibility index (Phi) is 5.37. The summed E-state index contributed by atoms with van der Waals surface area (Å²) < 4.78 is 0.784. The van der Waals surface area contributed by atoms with Crippen LogP contribution in [0.4, 0.5) is 0 Å². The molecule has 0 atom stereocenters. The SMILES string of the molecule is ClCC/C=C(\Cl)Sc1ccccc1. The van der Waals surface area contributed by atoms with E-state index in [1.165, 1.54) is 0 Å². The van der Waals surface area contributed by atoms with Gasteiger partial charge in [0.05, 0.1) is 4.36 Å². The van der Waals surface area contributed by atoms with E-state index in [9.17, 15) is 0 Å². The van der Waals surface area contributed by atoms with Gasteiger partial charge in [-0.2, -0.15) is 0 Å². The molecule has 0 aliphatic rings. The molecule has 0 spiro atoms. The van der Waals surface area contributed by atoms with Crippen molar-refractivity contribution in [1.29, 1.82) is 0 Å². The molecule has 0 aliphatic carbocycles.